The summed E-state index contributed by atoms with van der Waals surface area (Å²) in [7, 11) is 1.68. The summed E-state index contributed by atoms with van der Waals surface area (Å²) in [6.45, 7) is 1.25. The van der Waals surface area contributed by atoms with Gasteiger partial charge in [-0.05, 0) is 25.0 Å². The summed E-state index contributed by atoms with van der Waals surface area (Å²) in [5.74, 6) is 2.35. The number of ether oxygens (including phenoxy) is 1. The molecule has 6 nitrogen and oxygen atoms in total. The second-order valence-electron chi connectivity index (χ2n) is 5.92. The number of nitrogens with one attached hydrogen (secondary N) is 2. The number of aromatic amines is 1. The van der Waals surface area contributed by atoms with E-state index in [9.17, 15) is 0 Å². The molecule has 0 amide bonds. The summed E-state index contributed by atoms with van der Waals surface area (Å²) in [5.41, 5.74) is 3.07. The van der Waals surface area contributed by atoms with Crippen LogP contribution in [0.1, 0.15) is 35.3 Å². The van der Waals surface area contributed by atoms with Gasteiger partial charge >= 0.3 is 0 Å². The summed E-state index contributed by atoms with van der Waals surface area (Å²) >= 11 is 1.62. The Morgan fingerprint density at radius 1 is 1.33 bits per heavy atom. The summed E-state index contributed by atoms with van der Waals surface area (Å²) in [4.78, 5) is 9.13. The topological polar surface area (TPSA) is 75.7 Å². The molecule has 1 saturated carbocycles. The molecule has 1 fully saturated rings. The van der Waals surface area contributed by atoms with Crippen LogP contribution in [0.2, 0.25) is 0 Å². The van der Waals surface area contributed by atoms with E-state index < -0.39 is 0 Å². The molecule has 1 aliphatic rings. The van der Waals surface area contributed by atoms with Crippen LogP contribution in [-0.2, 0) is 17.9 Å². The zero-order chi connectivity index (χ0) is 16.4. The molecule has 3 aromatic rings. The second kappa shape index (κ2) is 6.70. The van der Waals surface area contributed by atoms with Crippen LogP contribution < -0.4 is 5.32 Å². The van der Waals surface area contributed by atoms with Gasteiger partial charge in [-0.2, -0.15) is 5.10 Å². The van der Waals surface area contributed by atoms with Crippen molar-refractivity contribution >= 4 is 17.0 Å². The molecule has 7 heteroatoms. The number of nitrogens with zero attached hydrogens (tertiary/aromatic N) is 3. The Labute approximate surface area is 144 Å². The molecule has 124 valence electrons. The molecule has 0 atom stereocenters. The number of benzene rings is 1. The van der Waals surface area contributed by atoms with Crippen molar-refractivity contribution in [1.29, 1.82) is 0 Å². The number of aromatic nitrogens is 4. The molecule has 24 heavy (non-hydrogen) atoms. The molecule has 2 N–H and O–H groups in total. The fraction of sp³-hybridized carbons (Fsp3) is 0.353. The maximum Gasteiger partial charge on any atom is 0.181 e. The third kappa shape index (κ3) is 3.47. The van der Waals surface area contributed by atoms with Gasteiger partial charge in [-0.1, -0.05) is 12.1 Å². The van der Waals surface area contributed by atoms with Crippen LogP contribution in [0, 0.1) is 0 Å². The molecule has 0 spiro atoms. The van der Waals surface area contributed by atoms with Gasteiger partial charge in [0.1, 0.15) is 10.8 Å². The average Bonchev–Trinajstić information content (AvgIpc) is 3.16. The summed E-state index contributed by atoms with van der Waals surface area (Å²) < 4.78 is 5.10. The van der Waals surface area contributed by atoms with E-state index in [0.717, 1.165) is 33.6 Å². The number of anilines is 1. The first-order chi connectivity index (χ1) is 11.8. The maximum absolute atomic E-state index is 5.10. The number of hydrogen-bond acceptors (Lipinski definition) is 6. The van der Waals surface area contributed by atoms with Gasteiger partial charge in [-0.25, -0.2) is 9.97 Å². The minimum atomic E-state index is 0.564. The van der Waals surface area contributed by atoms with E-state index in [1.807, 2.05) is 18.2 Å². The van der Waals surface area contributed by atoms with E-state index in [-0.39, 0.29) is 0 Å². The minimum Gasteiger partial charge on any atom is -0.379 e. The highest BCUT2D eigenvalue weighted by atomic mass is 32.1. The molecule has 1 aliphatic carbocycles. The first-order valence-electron chi connectivity index (χ1n) is 8.00. The minimum absolute atomic E-state index is 0.564. The molecule has 0 aliphatic heterocycles. The standard InChI is InChI=1S/C17H19N5OS/c1-23-9-15-19-14(10-24-15)8-18-13-4-2-3-12(7-13)17-20-16(21-22-17)11-5-6-11/h2-4,7,10-11,18H,5-6,8-9H2,1H3,(H,20,21,22). The number of hydrogen-bond donors (Lipinski definition) is 2. The van der Waals surface area contributed by atoms with Crippen LogP contribution in [0.5, 0.6) is 0 Å². The molecule has 0 saturated heterocycles. The average molecular weight is 341 g/mol. The smallest absolute Gasteiger partial charge is 0.181 e. The van der Waals surface area contributed by atoms with Crippen molar-refractivity contribution in [2.45, 2.75) is 31.9 Å². The Bertz CT molecular complexity index is 824. The lowest BCUT2D eigenvalue weighted by Gasteiger charge is -2.05. The van der Waals surface area contributed by atoms with Crippen LogP contribution in [0.15, 0.2) is 29.6 Å². The van der Waals surface area contributed by atoms with E-state index >= 15 is 0 Å². The van der Waals surface area contributed by atoms with Crippen LogP contribution in [0.25, 0.3) is 11.4 Å². The molecular weight excluding hydrogens is 322 g/mol. The van der Waals surface area contributed by atoms with Gasteiger partial charge in [0, 0.05) is 29.7 Å². The Balaban J connectivity index is 1.43. The van der Waals surface area contributed by atoms with E-state index in [0.29, 0.717) is 19.1 Å². The summed E-state index contributed by atoms with van der Waals surface area (Å²) in [5, 5.41) is 13.9. The molecule has 2 aromatic heterocycles. The molecule has 4 rings (SSSR count). The van der Waals surface area contributed by atoms with E-state index in [4.69, 9.17) is 4.74 Å². The quantitative estimate of drug-likeness (QED) is 0.687. The van der Waals surface area contributed by atoms with Gasteiger partial charge in [0.15, 0.2) is 5.82 Å². The van der Waals surface area contributed by atoms with Gasteiger partial charge in [0.25, 0.3) is 0 Å². The highest BCUT2D eigenvalue weighted by Gasteiger charge is 2.27. The van der Waals surface area contributed by atoms with Crippen LogP contribution in [0.3, 0.4) is 0 Å². The summed E-state index contributed by atoms with van der Waals surface area (Å²) in [6.07, 6.45) is 2.43. The number of methoxy groups -OCH3 is 1. The highest BCUT2D eigenvalue weighted by Crippen LogP contribution is 2.38. The predicted molar refractivity (Wildman–Crippen MR) is 93.9 cm³/mol. The van der Waals surface area contributed by atoms with E-state index in [2.05, 4.69) is 36.9 Å². The zero-order valence-electron chi connectivity index (χ0n) is 13.5. The van der Waals surface area contributed by atoms with Crippen LogP contribution >= 0.6 is 11.3 Å². The van der Waals surface area contributed by atoms with Crippen molar-refractivity contribution in [2.75, 3.05) is 12.4 Å². The molecular formula is C17H19N5OS. The lowest BCUT2D eigenvalue weighted by Crippen LogP contribution is -2.00. The Morgan fingerprint density at radius 2 is 2.25 bits per heavy atom. The number of rotatable bonds is 7. The van der Waals surface area contributed by atoms with E-state index in [1.54, 1.807) is 18.4 Å². The van der Waals surface area contributed by atoms with Crippen molar-refractivity contribution in [3.63, 3.8) is 0 Å². The summed E-state index contributed by atoms with van der Waals surface area (Å²) in [6, 6.07) is 8.16. The Hall–Kier alpha value is -2.25. The molecule has 1 aromatic carbocycles. The maximum atomic E-state index is 5.10. The lowest BCUT2D eigenvalue weighted by atomic mass is 10.2. The van der Waals surface area contributed by atoms with Crippen molar-refractivity contribution in [3.05, 3.63) is 46.2 Å². The largest absolute Gasteiger partial charge is 0.379 e. The number of thiazole rings is 1. The monoisotopic (exact) mass is 341 g/mol. The zero-order valence-corrected chi connectivity index (χ0v) is 14.3. The Kier molecular flexibility index (Phi) is 4.27. The van der Waals surface area contributed by atoms with Crippen LogP contribution in [0.4, 0.5) is 5.69 Å². The lowest BCUT2D eigenvalue weighted by molar-refractivity contribution is 0.184. The SMILES string of the molecule is COCc1nc(CNc2cccc(-c3n[nH]c(C4CC4)n3)c2)cs1. The fourth-order valence-electron chi connectivity index (χ4n) is 2.52. The second-order valence-corrected chi connectivity index (χ2v) is 6.86. The van der Waals surface area contributed by atoms with Crippen molar-refractivity contribution in [2.24, 2.45) is 0 Å². The first kappa shape index (κ1) is 15.3. The van der Waals surface area contributed by atoms with Gasteiger partial charge in [0.2, 0.25) is 0 Å². The highest BCUT2D eigenvalue weighted by molar-refractivity contribution is 7.09. The van der Waals surface area contributed by atoms with Gasteiger partial charge in [0.05, 0.1) is 18.8 Å². The van der Waals surface area contributed by atoms with Crippen molar-refractivity contribution in [1.82, 2.24) is 20.2 Å². The molecule has 0 unspecified atom stereocenters. The van der Waals surface area contributed by atoms with E-state index in [1.165, 1.54) is 12.8 Å². The third-order valence-corrected chi connectivity index (χ3v) is 4.80. The fourth-order valence-corrected chi connectivity index (χ4v) is 3.29. The molecule has 2 heterocycles. The normalized spacial score (nSPS) is 14.0. The molecule has 0 bridgehead atoms. The van der Waals surface area contributed by atoms with Gasteiger partial charge < -0.3 is 10.1 Å². The third-order valence-electron chi connectivity index (χ3n) is 3.93. The van der Waals surface area contributed by atoms with Gasteiger partial charge in [-0.3, -0.25) is 5.10 Å². The predicted octanol–water partition coefficient (Wildman–Crippen LogP) is 3.56. The van der Waals surface area contributed by atoms with Crippen molar-refractivity contribution in [3.8, 4) is 11.4 Å². The first-order valence-corrected chi connectivity index (χ1v) is 8.88. The molecule has 0 radical (unpaired) electrons. The van der Waals surface area contributed by atoms with Crippen molar-refractivity contribution < 1.29 is 4.74 Å². The van der Waals surface area contributed by atoms with Crippen LogP contribution in [-0.4, -0.2) is 27.3 Å². The van der Waals surface area contributed by atoms with Gasteiger partial charge in [-0.15, -0.1) is 11.3 Å². The number of H-pyrrole nitrogens is 1. The Morgan fingerprint density at radius 3 is 3.08 bits per heavy atom.